The first-order valence-electron chi connectivity index (χ1n) is 4.89. The molecule has 0 fully saturated rings. The molecule has 0 amide bonds. The minimum absolute atomic E-state index is 0.513. The van der Waals surface area contributed by atoms with Crippen LogP contribution in [0.15, 0.2) is 32.9 Å². The number of hydrogen-bond donors (Lipinski definition) is 1. The lowest BCUT2D eigenvalue weighted by molar-refractivity contribution is 0.194. The van der Waals surface area contributed by atoms with Crippen LogP contribution < -0.4 is 0 Å². The quantitative estimate of drug-likeness (QED) is 0.912. The lowest BCUT2D eigenvalue weighted by Crippen LogP contribution is -1.94. The zero-order valence-electron chi connectivity index (χ0n) is 9.04. The number of rotatable bonds is 3. The lowest BCUT2D eigenvalue weighted by atomic mass is 10.2. The summed E-state index contributed by atoms with van der Waals surface area (Å²) in [5, 5.41) is 11.4. The molecule has 16 heavy (non-hydrogen) atoms. The Hall–Kier alpha value is -0.910. The largest absolute Gasteiger partial charge is 0.387 e. The van der Waals surface area contributed by atoms with Crippen LogP contribution in [0.4, 0.5) is 0 Å². The zero-order chi connectivity index (χ0) is 11.5. The molecule has 3 nitrogen and oxygen atoms in total. The molecule has 0 aliphatic carbocycles. The average Bonchev–Trinajstić information content (AvgIpc) is 2.65. The van der Waals surface area contributed by atoms with Crippen molar-refractivity contribution in [1.82, 2.24) is 9.97 Å². The Morgan fingerprint density at radius 1 is 1.44 bits per heavy atom. The summed E-state index contributed by atoms with van der Waals surface area (Å²) in [6.45, 7) is 3.69. The molecule has 0 radical (unpaired) electrons. The first-order chi connectivity index (χ1) is 7.65. The van der Waals surface area contributed by atoms with E-state index in [4.69, 9.17) is 0 Å². The average molecular weight is 252 g/mol. The fourth-order valence-corrected chi connectivity index (χ4v) is 2.96. The van der Waals surface area contributed by atoms with E-state index in [0.29, 0.717) is 5.69 Å². The van der Waals surface area contributed by atoms with Crippen molar-refractivity contribution in [1.29, 1.82) is 0 Å². The first kappa shape index (κ1) is 11.6. The zero-order valence-corrected chi connectivity index (χ0v) is 10.7. The highest BCUT2D eigenvalue weighted by Crippen LogP contribution is 2.29. The van der Waals surface area contributed by atoms with Crippen molar-refractivity contribution in [3.63, 3.8) is 0 Å². The van der Waals surface area contributed by atoms with Crippen molar-refractivity contribution in [2.24, 2.45) is 0 Å². The Morgan fingerprint density at radius 3 is 2.75 bits per heavy atom. The van der Waals surface area contributed by atoms with E-state index in [0.717, 1.165) is 14.9 Å². The van der Waals surface area contributed by atoms with Gasteiger partial charge in [0.05, 0.1) is 11.8 Å². The van der Waals surface area contributed by atoms with Crippen LogP contribution in [0.25, 0.3) is 0 Å². The van der Waals surface area contributed by atoms with Gasteiger partial charge in [0.1, 0.15) is 0 Å². The molecule has 0 saturated carbocycles. The van der Waals surface area contributed by atoms with E-state index in [1.54, 1.807) is 36.2 Å². The van der Waals surface area contributed by atoms with E-state index in [-0.39, 0.29) is 0 Å². The number of hydrogen-bond acceptors (Lipinski definition) is 5. The van der Waals surface area contributed by atoms with Crippen LogP contribution in [0.3, 0.4) is 0 Å². The number of aromatic nitrogens is 2. The van der Waals surface area contributed by atoms with E-state index >= 15 is 0 Å². The number of thiazole rings is 1. The third-order valence-electron chi connectivity index (χ3n) is 1.99. The fraction of sp³-hybridized carbons (Fsp3) is 0.273. The van der Waals surface area contributed by atoms with Crippen LogP contribution in [-0.2, 0) is 0 Å². The van der Waals surface area contributed by atoms with Crippen LogP contribution >= 0.6 is 23.1 Å². The van der Waals surface area contributed by atoms with Crippen molar-refractivity contribution in [3.8, 4) is 0 Å². The molecule has 84 valence electrons. The molecular weight excluding hydrogens is 240 g/mol. The highest BCUT2D eigenvalue weighted by Gasteiger charge is 2.04. The van der Waals surface area contributed by atoms with E-state index in [9.17, 15) is 5.11 Å². The van der Waals surface area contributed by atoms with Gasteiger partial charge in [0.15, 0.2) is 4.34 Å². The normalized spacial score (nSPS) is 12.7. The number of aryl methyl sites for hydroxylation is 1. The number of nitrogens with zero attached hydrogens (tertiary/aromatic N) is 2. The summed E-state index contributed by atoms with van der Waals surface area (Å²) < 4.78 is 1.02. The molecule has 5 heteroatoms. The standard InChI is InChI=1S/C11H12N2OS2/c1-7-6-15-11(13-7)16-9-3-4-10(8(2)14)12-5-9/h3-6,8,14H,1-2H3/t8-/m1/s1. The molecule has 0 aliphatic heterocycles. The van der Waals surface area contributed by atoms with Crippen molar-refractivity contribution in [3.05, 3.63) is 35.1 Å². The van der Waals surface area contributed by atoms with Crippen molar-refractivity contribution < 1.29 is 5.11 Å². The lowest BCUT2D eigenvalue weighted by Gasteiger charge is -2.03. The molecule has 2 rings (SSSR count). The molecule has 0 aliphatic rings. The van der Waals surface area contributed by atoms with Gasteiger partial charge in [-0.1, -0.05) is 11.8 Å². The third kappa shape index (κ3) is 2.81. The van der Waals surface area contributed by atoms with Gasteiger partial charge in [-0.2, -0.15) is 0 Å². The summed E-state index contributed by atoms with van der Waals surface area (Å²) in [4.78, 5) is 9.60. The maximum absolute atomic E-state index is 9.33. The summed E-state index contributed by atoms with van der Waals surface area (Å²) in [6, 6.07) is 3.80. The second-order valence-electron chi connectivity index (χ2n) is 3.45. The van der Waals surface area contributed by atoms with Gasteiger partial charge in [-0.15, -0.1) is 11.3 Å². The van der Waals surface area contributed by atoms with Gasteiger partial charge in [-0.25, -0.2) is 4.98 Å². The van der Waals surface area contributed by atoms with Crippen LogP contribution in [0.1, 0.15) is 24.4 Å². The Balaban J connectivity index is 2.11. The second kappa shape index (κ2) is 4.95. The monoisotopic (exact) mass is 252 g/mol. The molecule has 2 heterocycles. The number of pyridine rings is 1. The van der Waals surface area contributed by atoms with Crippen LogP contribution in [-0.4, -0.2) is 15.1 Å². The molecule has 2 aromatic rings. The molecule has 0 aromatic carbocycles. The van der Waals surface area contributed by atoms with Crippen molar-refractivity contribution in [2.45, 2.75) is 29.2 Å². The minimum atomic E-state index is -0.513. The third-order valence-corrected chi connectivity index (χ3v) is 4.02. The summed E-state index contributed by atoms with van der Waals surface area (Å²) >= 11 is 3.22. The smallest absolute Gasteiger partial charge is 0.154 e. The maximum Gasteiger partial charge on any atom is 0.154 e. The molecule has 0 saturated heterocycles. The van der Waals surface area contributed by atoms with Gasteiger partial charge in [-0.05, 0) is 26.0 Å². The van der Waals surface area contributed by atoms with Crippen LogP contribution in [0.5, 0.6) is 0 Å². The van der Waals surface area contributed by atoms with Gasteiger partial charge >= 0.3 is 0 Å². The molecule has 0 bridgehead atoms. The summed E-state index contributed by atoms with van der Waals surface area (Å²) in [5.41, 5.74) is 1.74. The molecular formula is C11H12N2OS2. The Morgan fingerprint density at radius 2 is 2.25 bits per heavy atom. The van der Waals surface area contributed by atoms with Gasteiger partial charge in [0, 0.05) is 22.2 Å². The maximum atomic E-state index is 9.33. The van der Waals surface area contributed by atoms with Gasteiger partial charge in [-0.3, -0.25) is 4.98 Å². The minimum Gasteiger partial charge on any atom is -0.387 e. The number of aliphatic hydroxyl groups is 1. The highest BCUT2D eigenvalue weighted by molar-refractivity contribution is 8.01. The van der Waals surface area contributed by atoms with E-state index in [1.165, 1.54) is 0 Å². The molecule has 2 aromatic heterocycles. The highest BCUT2D eigenvalue weighted by atomic mass is 32.2. The van der Waals surface area contributed by atoms with E-state index < -0.39 is 6.10 Å². The van der Waals surface area contributed by atoms with Gasteiger partial charge < -0.3 is 5.11 Å². The SMILES string of the molecule is Cc1csc(Sc2ccc([C@@H](C)O)nc2)n1. The van der Waals surface area contributed by atoms with E-state index in [2.05, 4.69) is 9.97 Å². The van der Waals surface area contributed by atoms with Crippen LogP contribution in [0, 0.1) is 6.92 Å². The summed E-state index contributed by atoms with van der Waals surface area (Å²) in [6.07, 6.45) is 1.25. The van der Waals surface area contributed by atoms with Crippen molar-refractivity contribution >= 4 is 23.1 Å². The van der Waals surface area contributed by atoms with Crippen molar-refractivity contribution in [2.75, 3.05) is 0 Å². The Bertz CT molecular complexity index is 465. The fourth-order valence-electron chi connectivity index (χ4n) is 1.18. The Labute approximate surface area is 103 Å². The van der Waals surface area contributed by atoms with Gasteiger partial charge in [0.2, 0.25) is 0 Å². The topological polar surface area (TPSA) is 46.0 Å². The number of aliphatic hydroxyl groups excluding tert-OH is 1. The molecule has 1 atom stereocenters. The first-order valence-corrected chi connectivity index (χ1v) is 6.59. The Kier molecular flexibility index (Phi) is 3.58. The predicted molar refractivity (Wildman–Crippen MR) is 65.8 cm³/mol. The van der Waals surface area contributed by atoms with Gasteiger partial charge in [0.25, 0.3) is 0 Å². The molecule has 0 spiro atoms. The second-order valence-corrected chi connectivity index (χ2v) is 5.63. The summed E-state index contributed by atoms with van der Waals surface area (Å²) in [5.74, 6) is 0. The predicted octanol–water partition coefficient (Wildman–Crippen LogP) is 3.05. The molecule has 1 N–H and O–H groups in total. The molecule has 0 unspecified atom stereocenters. The van der Waals surface area contributed by atoms with E-state index in [1.807, 2.05) is 24.4 Å². The van der Waals surface area contributed by atoms with Crippen LogP contribution in [0.2, 0.25) is 0 Å². The summed E-state index contributed by atoms with van der Waals surface area (Å²) in [7, 11) is 0.